The molecule has 0 aromatic carbocycles. The van der Waals surface area contributed by atoms with E-state index in [0.717, 1.165) is 6.08 Å². The Balaban J connectivity index is 2.55. The summed E-state index contributed by atoms with van der Waals surface area (Å²) in [5.41, 5.74) is 1.17. The van der Waals surface area contributed by atoms with E-state index in [0.29, 0.717) is 32.8 Å². The average molecular weight is 739 g/mol. The van der Waals surface area contributed by atoms with Crippen molar-refractivity contribution in [1.82, 2.24) is 20.5 Å². The summed E-state index contributed by atoms with van der Waals surface area (Å²) in [6, 6.07) is -0.774. The topological polar surface area (TPSA) is 252 Å². The molecular weight excluding hydrogens is 684 g/mol. The highest BCUT2D eigenvalue weighted by Gasteiger charge is 2.34. The first-order valence-electron chi connectivity index (χ1n) is 17.3. The second-order valence-corrected chi connectivity index (χ2v) is 12.9. The van der Waals surface area contributed by atoms with E-state index in [1.807, 2.05) is 0 Å². The molecule has 4 amide bonds. The fraction of sp³-hybridized carbons (Fsp3) is 0.629. The Hall–Kier alpha value is -4.29. The molecule has 0 radical (unpaired) electrons. The number of ether oxygens (including phenoxy) is 1. The molecule has 0 aliphatic carbocycles. The van der Waals surface area contributed by atoms with Crippen molar-refractivity contribution < 1.29 is 64.1 Å². The number of nitrogens with zero attached hydrogens (tertiary/aromatic N) is 3. The molecule has 3 atom stereocenters. The number of piperidine rings is 1. The van der Waals surface area contributed by atoms with Crippen LogP contribution in [0.25, 0.3) is 0 Å². The van der Waals surface area contributed by atoms with E-state index in [-0.39, 0.29) is 114 Å². The summed E-state index contributed by atoms with van der Waals surface area (Å²) < 4.78 is 5.23. The zero-order valence-corrected chi connectivity index (χ0v) is 30.4. The van der Waals surface area contributed by atoms with E-state index in [4.69, 9.17) is 14.9 Å². The van der Waals surface area contributed by atoms with Crippen LogP contribution in [0.15, 0.2) is 35.1 Å². The van der Waals surface area contributed by atoms with Gasteiger partial charge < -0.3 is 25.1 Å². The molecule has 17 nitrogen and oxygen atoms in total. The van der Waals surface area contributed by atoms with Gasteiger partial charge in [-0.2, -0.15) is 0 Å². The first kappa shape index (κ1) is 45.7. The van der Waals surface area contributed by atoms with Gasteiger partial charge in [0.05, 0.1) is 12.0 Å². The molecule has 0 aromatic rings. The maximum Gasteiger partial charge on any atom is 0.314 e. The van der Waals surface area contributed by atoms with Crippen molar-refractivity contribution in [3.05, 3.63) is 35.1 Å². The highest BCUT2D eigenvalue weighted by atomic mass is 16.5. The lowest BCUT2D eigenvalue weighted by Crippen LogP contribution is -2.50. The third-order valence-electron chi connectivity index (χ3n) is 8.20. The number of ketones is 2. The molecule has 292 valence electrons. The molecule has 0 saturated carbocycles. The predicted molar refractivity (Wildman–Crippen MR) is 183 cm³/mol. The number of hydrogen-bond acceptors (Lipinski definition) is 13. The SMILES string of the molecule is CC(=O)CC(CCCN(O)C(=O)/C=C(\C)CCO)C(=O)O/C(C)=C/C(=O)N(O)CCCC1CC(=O)C(CCCN(O)C(=O)/C=C(\C)CCO)NC1=O. The van der Waals surface area contributed by atoms with Crippen LogP contribution in [0.3, 0.4) is 0 Å². The van der Waals surface area contributed by atoms with Gasteiger partial charge in [0.1, 0.15) is 11.5 Å². The number of carbonyl (C=O) groups is 7. The highest BCUT2D eigenvalue weighted by molar-refractivity contribution is 5.96. The summed E-state index contributed by atoms with van der Waals surface area (Å²) in [5, 5.41) is 52.0. The molecule has 1 heterocycles. The second-order valence-electron chi connectivity index (χ2n) is 12.9. The predicted octanol–water partition coefficient (Wildman–Crippen LogP) is 1.75. The number of aliphatic hydroxyl groups excluding tert-OH is 2. The number of esters is 1. The van der Waals surface area contributed by atoms with Crippen LogP contribution in [0.2, 0.25) is 0 Å². The number of hydrogen-bond donors (Lipinski definition) is 6. The Morgan fingerprint density at radius 3 is 1.75 bits per heavy atom. The van der Waals surface area contributed by atoms with E-state index in [9.17, 15) is 49.2 Å². The minimum atomic E-state index is -0.927. The molecule has 1 rings (SSSR count). The largest absolute Gasteiger partial charge is 0.431 e. The lowest BCUT2D eigenvalue weighted by atomic mass is 9.87. The van der Waals surface area contributed by atoms with Gasteiger partial charge in [-0.1, -0.05) is 11.1 Å². The Labute approximate surface area is 303 Å². The van der Waals surface area contributed by atoms with E-state index in [1.54, 1.807) is 13.8 Å². The Bertz CT molecular complexity index is 1360. The van der Waals surface area contributed by atoms with Crippen molar-refractivity contribution in [3.63, 3.8) is 0 Å². The van der Waals surface area contributed by atoms with Gasteiger partial charge in [-0.15, -0.1) is 0 Å². The Morgan fingerprint density at radius 2 is 1.25 bits per heavy atom. The second kappa shape index (κ2) is 24.0. The normalized spacial score (nSPS) is 17.3. The van der Waals surface area contributed by atoms with E-state index < -0.39 is 41.6 Å². The molecule has 1 saturated heterocycles. The fourth-order valence-corrected chi connectivity index (χ4v) is 5.30. The molecule has 0 aromatic heterocycles. The van der Waals surface area contributed by atoms with Crippen LogP contribution in [0.5, 0.6) is 0 Å². The zero-order chi connectivity index (χ0) is 39.4. The van der Waals surface area contributed by atoms with E-state index in [2.05, 4.69) is 5.32 Å². The minimum Gasteiger partial charge on any atom is -0.431 e. The van der Waals surface area contributed by atoms with Gasteiger partial charge in [0, 0.05) is 69.8 Å². The number of nitrogens with one attached hydrogen (secondary N) is 1. The summed E-state index contributed by atoms with van der Waals surface area (Å²) in [4.78, 5) is 86.4. The van der Waals surface area contributed by atoms with Gasteiger partial charge in [0.15, 0.2) is 5.78 Å². The number of amides is 4. The molecular formula is C35H54N4O13. The van der Waals surface area contributed by atoms with Gasteiger partial charge in [-0.05, 0) is 79.1 Å². The average Bonchev–Trinajstić information content (AvgIpc) is 3.05. The molecule has 1 aliphatic rings. The summed E-state index contributed by atoms with van der Waals surface area (Å²) in [5.74, 6) is -5.72. The van der Waals surface area contributed by atoms with Crippen molar-refractivity contribution in [3.8, 4) is 0 Å². The molecule has 1 fully saturated rings. The molecule has 3 unspecified atom stereocenters. The Morgan fingerprint density at radius 1 is 0.769 bits per heavy atom. The van der Waals surface area contributed by atoms with Crippen LogP contribution in [-0.4, -0.2) is 121 Å². The molecule has 6 N–H and O–H groups in total. The van der Waals surface area contributed by atoms with Crippen LogP contribution in [0.4, 0.5) is 0 Å². The van der Waals surface area contributed by atoms with Crippen molar-refractivity contribution in [1.29, 1.82) is 0 Å². The summed E-state index contributed by atoms with van der Waals surface area (Å²) in [6.45, 7) is 5.21. The van der Waals surface area contributed by atoms with Crippen LogP contribution >= 0.6 is 0 Å². The highest BCUT2D eigenvalue weighted by Crippen LogP contribution is 2.21. The van der Waals surface area contributed by atoms with Crippen LogP contribution < -0.4 is 5.32 Å². The Kier molecular flexibility index (Phi) is 21.1. The first-order valence-corrected chi connectivity index (χ1v) is 17.3. The number of allylic oxidation sites excluding steroid dienone is 1. The maximum atomic E-state index is 12.8. The number of rotatable bonds is 23. The summed E-state index contributed by atoms with van der Waals surface area (Å²) >= 11 is 0. The van der Waals surface area contributed by atoms with Gasteiger partial charge in [-0.3, -0.25) is 44.4 Å². The van der Waals surface area contributed by atoms with Crippen LogP contribution in [0, 0.1) is 11.8 Å². The lowest BCUT2D eigenvalue weighted by molar-refractivity contribution is -0.160. The van der Waals surface area contributed by atoms with E-state index in [1.165, 1.54) is 26.0 Å². The maximum absolute atomic E-state index is 12.8. The van der Waals surface area contributed by atoms with Gasteiger partial charge in [0.2, 0.25) is 5.91 Å². The lowest BCUT2D eigenvalue weighted by Gasteiger charge is -2.28. The minimum absolute atomic E-state index is 0.0505. The van der Waals surface area contributed by atoms with Gasteiger partial charge in [0.25, 0.3) is 17.7 Å². The fourth-order valence-electron chi connectivity index (χ4n) is 5.30. The van der Waals surface area contributed by atoms with Crippen molar-refractivity contribution in [2.45, 2.75) is 97.9 Å². The van der Waals surface area contributed by atoms with Gasteiger partial charge in [-0.25, -0.2) is 15.2 Å². The smallest absolute Gasteiger partial charge is 0.314 e. The molecule has 1 aliphatic heterocycles. The summed E-state index contributed by atoms with van der Waals surface area (Å²) in [7, 11) is 0. The van der Waals surface area contributed by atoms with E-state index >= 15 is 0 Å². The summed E-state index contributed by atoms with van der Waals surface area (Å²) in [6.07, 6.45) is 4.65. The van der Waals surface area contributed by atoms with Crippen molar-refractivity contribution in [2.75, 3.05) is 32.8 Å². The van der Waals surface area contributed by atoms with Crippen molar-refractivity contribution in [2.24, 2.45) is 11.8 Å². The quantitative estimate of drug-likeness (QED) is 0.0288. The zero-order valence-electron chi connectivity index (χ0n) is 30.4. The number of Topliss-reactive ketones (excluding diaryl/α,β-unsaturated/α-hetero) is 2. The molecule has 0 spiro atoms. The molecule has 17 heteroatoms. The van der Waals surface area contributed by atoms with Crippen molar-refractivity contribution >= 4 is 41.2 Å². The first-order chi connectivity index (χ1) is 24.5. The van der Waals surface area contributed by atoms with Crippen LogP contribution in [-0.2, 0) is 38.3 Å². The standard InChI is InChI=1S/C35H54N4O13/c1-23(11-16-40)18-31(44)37(49)14-6-9-28(20-25(3)42)35(48)52-26(4)21-33(46)39(51)13-5-8-27-22-30(43)29(36-34(27)47)10-7-15-38(50)32(45)19-24(2)12-17-41/h18-19,21,27-29,40-41,49-51H,5-17,20,22H2,1-4H3,(H,36,47)/b23-18+,24-19+,26-21+. The third-order valence-corrected chi connectivity index (χ3v) is 8.20. The monoisotopic (exact) mass is 738 g/mol. The van der Waals surface area contributed by atoms with Crippen LogP contribution in [0.1, 0.15) is 91.9 Å². The number of aliphatic hydroxyl groups is 2. The molecule has 0 bridgehead atoms. The third kappa shape index (κ3) is 17.8. The number of hydroxylamine groups is 6. The van der Waals surface area contributed by atoms with Gasteiger partial charge >= 0.3 is 5.97 Å². The number of carbonyl (C=O) groups excluding carboxylic acids is 7. The molecule has 52 heavy (non-hydrogen) atoms.